The topological polar surface area (TPSA) is 109 Å². The third-order valence-electron chi connectivity index (χ3n) is 3.55. The van der Waals surface area contributed by atoms with E-state index < -0.39 is 5.91 Å². The molecule has 0 aliphatic carbocycles. The first-order valence-corrected chi connectivity index (χ1v) is 7.33. The van der Waals surface area contributed by atoms with E-state index in [-0.39, 0.29) is 18.2 Å². The molecule has 7 heteroatoms. The summed E-state index contributed by atoms with van der Waals surface area (Å²) in [5.74, 6) is -0.443. The number of nitrogens with zero attached hydrogens (tertiary/aromatic N) is 4. The van der Waals surface area contributed by atoms with Crippen molar-refractivity contribution in [3.63, 3.8) is 0 Å². The Labute approximate surface area is 143 Å². The first kappa shape index (κ1) is 15.9. The summed E-state index contributed by atoms with van der Waals surface area (Å²) < 4.78 is 0. The van der Waals surface area contributed by atoms with Gasteiger partial charge in [0.1, 0.15) is 5.84 Å². The monoisotopic (exact) mass is 329 g/mol. The van der Waals surface area contributed by atoms with Crippen molar-refractivity contribution in [1.29, 1.82) is 10.5 Å². The van der Waals surface area contributed by atoms with Gasteiger partial charge in [0, 0.05) is 5.56 Å². The van der Waals surface area contributed by atoms with Gasteiger partial charge in [-0.3, -0.25) is 9.59 Å². The summed E-state index contributed by atoms with van der Waals surface area (Å²) >= 11 is 0. The van der Waals surface area contributed by atoms with E-state index >= 15 is 0 Å². The van der Waals surface area contributed by atoms with Crippen LogP contribution in [-0.2, 0) is 4.79 Å². The number of benzene rings is 2. The maximum atomic E-state index is 12.2. The molecule has 0 radical (unpaired) electrons. The molecule has 120 valence electrons. The molecule has 0 spiro atoms. The quantitative estimate of drug-likeness (QED) is 0.907. The average Bonchev–Trinajstić information content (AvgIpc) is 3.02. The average molecular weight is 329 g/mol. The molecule has 0 unspecified atom stereocenters. The van der Waals surface area contributed by atoms with Gasteiger partial charge >= 0.3 is 0 Å². The van der Waals surface area contributed by atoms with Crippen LogP contribution in [0.3, 0.4) is 0 Å². The van der Waals surface area contributed by atoms with Crippen LogP contribution in [0.4, 0.5) is 5.69 Å². The molecule has 1 aliphatic rings. The fourth-order valence-corrected chi connectivity index (χ4v) is 2.28. The number of hydrogen-bond donors (Lipinski definition) is 1. The van der Waals surface area contributed by atoms with E-state index in [4.69, 9.17) is 10.5 Å². The number of carbonyl (C=O) groups excluding carboxylic acids is 2. The van der Waals surface area contributed by atoms with Gasteiger partial charge in [0.2, 0.25) is 0 Å². The van der Waals surface area contributed by atoms with Gasteiger partial charge in [-0.05, 0) is 48.5 Å². The molecule has 1 aliphatic heterocycles. The van der Waals surface area contributed by atoms with Gasteiger partial charge in [0.25, 0.3) is 11.8 Å². The maximum absolute atomic E-state index is 12.2. The predicted octanol–water partition coefficient (Wildman–Crippen LogP) is 1.91. The lowest BCUT2D eigenvalue weighted by Crippen LogP contribution is -2.29. The lowest BCUT2D eigenvalue weighted by Gasteiger charge is -2.10. The van der Waals surface area contributed by atoms with Gasteiger partial charge in [0.15, 0.2) is 0 Å². The number of hydrazone groups is 1. The zero-order chi connectivity index (χ0) is 17.8. The van der Waals surface area contributed by atoms with Gasteiger partial charge in [-0.25, -0.2) is 0 Å². The lowest BCUT2D eigenvalue weighted by molar-refractivity contribution is -0.116. The standard InChI is InChI=1S/C18H11N5O2/c19-10-12-1-5-14(6-2-12)18(25)21-16-9-17(24)23(22-16)15-7-3-13(11-20)4-8-15/h1-8H,9H2,(H,21,22,25). The Bertz CT molecular complexity index is 947. The normalized spacial score (nSPS) is 13.0. The van der Waals surface area contributed by atoms with Crippen molar-refractivity contribution in [3.05, 3.63) is 65.2 Å². The molecule has 2 aromatic rings. The van der Waals surface area contributed by atoms with Crippen LogP contribution in [0.2, 0.25) is 0 Å². The van der Waals surface area contributed by atoms with Crippen molar-refractivity contribution in [2.75, 3.05) is 5.01 Å². The fourth-order valence-electron chi connectivity index (χ4n) is 2.28. The van der Waals surface area contributed by atoms with E-state index in [1.54, 1.807) is 36.4 Å². The van der Waals surface area contributed by atoms with Crippen molar-refractivity contribution < 1.29 is 9.59 Å². The minimum atomic E-state index is -0.405. The van der Waals surface area contributed by atoms with Crippen LogP contribution in [0.5, 0.6) is 0 Å². The fraction of sp³-hybridized carbons (Fsp3) is 0.0556. The van der Waals surface area contributed by atoms with Crippen molar-refractivity contribution >= 4 is 23.3 Å². The van der Waals surface area contributed by atoms with E-state index in [0.29, 0.717) is 22.4 Å². The zero-order valence-electron chi connectivity index (χ0n) is 12.9. The van der Waals surface area contributed by atoms with Crippen LogP contribution < -0.4 is 10.3 Å². The molecule has 0 atom stereocenters. The van der Waals surface area contributed by atoms with Crippen LogP contribution in [0.15, 0.2) is 53.6 Å². The first-order valence-electron chi connectivity index (χ1n) is 7.33. The summed E-state index contributed by atoms with van der Waals surface area (Å²) in [7, 11) is 0. The number of carbonyl (C=O) groups is 2. The third-order valence-corrected chi connectivity index (χ3v) is 3.55. The summed E-state index contributed by atoms with van der Waals surface area (Å²) in [6, 6.07) is 16.5. The number of amidine groups is 1. The molecule has 0 fully saturated rings. The molecule has 25 heavy (non-hydrogen) atoms. The Balaban J connectivity index is 1.74. The molecule has 1 heterocycles. The van der Waals surface area contributed by atoms with Crippen LogP contribution >= 0.6 is 0 Å². The van der Waals surface area contributed by atoms with E-state index in [1.807, 2.05) is 12.1 Å². The minimum absolute atomic E-state index is 0.0258. The van der Waals surface area contributed by atoms with Crippen LogP contribution in [0, 0.1) is 22.7 Å². The molecule has 1 N–H and O–H groups in total. The van der Waals surface area contributed by atoms with Gasteiger partial charge in [-0.2, -0.15) is 20.6 Å². The Morgan fingerprint density at radius 1 is 1.00 bits per heavy atom. The summed E-state index contributed by atoms with van der Waals surface area (Å²) in [6.45, 7) is 0. The van der Waals surface area contributed by atoms with Crippen molar-refractivity contribution in [1.82, 2.24) is 5.32 Å². The highest BCUT2D eigenvalue weighted by Crippen LogP contribution is 2.20. The number of rotatable bonds is 2. The molecule has 3 rings (SSSR count). The van der Waals surface area contributed by atoms with E-state index in [2.05, 4.69) is 10.4 Å². The molecule has 7 nitrogen and oxygen atoms in total. The predicted molar refractivity (Wildman–Crippen MR) is 89.3 cm³/mol. The molecule has 0 bridgehead atoms. The van der Waals surface area contributed by atoms with Gasteiger partial charge in [-0.1, -0.05) is 0 Å². The number of hydrogen-bond acceptors (Lipinski definition) is 5. The van der Waals surface area contributed by atoms with Crippen molar-refractivity contribution in [2.24, 2.45) is 5.10 Å². The summed E-state index contributed by atoms with van der Waals surface area (Å²) in [5.41, 5.74) is 1.82. The van der Waals surface area contributed by atoms with Gasteiger partial charge < -0.3 is 5.32 Å². The largest absolute Gasteiger partial charge is 0.308 e. The Morgan fingerprint density at radius 3 is 2.12 bits per heavy atom. The highest BCUT2D eigenvalue weighted by molar-refractivity contribution is 6.17. The van der Waals surface area contributed by atoms with E-state index in [0.717, 1.165) is 0 Å². The molecule has 0 saturated heterocycles. The van der Waals surface area contributed by atoms with Gasteiger partial charge in [0.05, 0.1) is 35.4 Å². The summed E-state index contributed by atoms with van der Waals surface area (Å²) in [4.78, 5) is 24.3. The number of nitrogens with one attached hydrogen (secondary N) is 1. The highest BCUT2D eigenvalue weighted by Gasteiger charge is 2.26. The second kappa shape index (κ2) is 6.65. The molecular formula is C18H11N5O2. The molecule has 2 aromatic carbocycles. The minimum Gasteiger partial charge on any atom is -0.308 e. The molecular weight excluding hydrogens is 318 g/mol. The SMILES string of the molecule is N#Cc1ccc(C(=O)NC2=NN(c3ccc(C#N)cc3)C(=O)C2)cc1. The Hall–Kier alpha value is -3.97. The summed E-state index contributed by atoms with van der Waals surface area (Å²) in [6.07, 6.45) is -0.0258. The second-order valence-corrected chi connectivity index (χ2v) is 5.23. The molecule has 2 amide bonds. The third kappa shape index (κ3) is 3.36. The summed E-state index contributed by atoms with van der Waals surface area (Å²) in [5, 5.41) is 25.5. The van der Waals surface area contributed by atoms with E-state index in [9.17, 15) is 9.59 Å². The second-order valence-electron chi connectivity index (χ2n) is 5.23. The number of nitriles is 2. The van der Waals surface area contributed by atoms with Crippen molar-refractivity contribution in [3.8, 4) is 12.1 Å². The van der Waals surface area contributed by atoms with Gasteiger partial charge in [-0.15, -0.1) is 0 Å². The Morgan fingerprint density at radius 2 is 1.56 bits per heavy atom. The Kier molecular flexibility index (Phi) is 4.23. The first-order chi connectivity index (χ1) is 12.1. The molecule has 0 saturated carbocycles. The number of anilines is 1. The van der Waals surface area contributed by atoms with Crippen LogP contribution in [-0.4, -0.2) is 17.6 Å². The van der Waals surface area contributed by atoms with Crippen molar-refractivity contribution in [2.45, 2.75) is 6.42 Å². The number of amides is 2. The molecule has 0 aromatic heterocycles. The lowest BCUT2D eigenvalue weighted by atomic mass is 10.1. The highest BCUT2D eigenvalue weighted by atomic mass is 16.2. The van der Waals surface area contributed by atoms with Crippen LogP contribution in [0.25, 0.3) is 0 Å². The smallest absolute Gasteiger partial charge is 0.256 e. The van der Waals surface area contributed by atoms with Crippen LogP contribution in [0.1, 0.15) is 27.9 Å². The maximum Gasteiger partial charge on any atom is 0.256 e. The van der Waals surface area contributed by atoms with E-state index in [1.165, 1.54) is 17.1 Å². The zero-order valence-corrected chi connectivity index (χ0v) is 12.9.